The summed E-state index contributed by atoms with van der Waals surface area (Å²) in [5, 5.41) is 0.915. The molecule has 0 unspecified atom stereocenters. The first-order chi connectivity index (χ1) is 15.2. The van der Waals surface area contributed by atoms with Crippen molar-refractivity contribution in [1.29, 1.82) is 0 Å². The zero-order chi connectivity index (χ0) is 22.9. The second-order valence-corrected chi connectivity index (χ2v) is 8.40. The Labute approximate surface area is 183 Å². The quantitative estimate of drug-likeness (QED) is 0.636. The second-order valence-electron chi connectivity index (χ2n) is 8.40. The molecule has 0 atom stereocenters. The summed E-state index contributed by atoms with van der Waals surface area (Å²) in [6.07, 6.45) is 2.97. The Morgan fingerprint density at radius 2 is 1.84 bits per heavy atom. The lowest BCUT2D eigenvalue weighted by Gasteiger charge is -2.36. The SMILES string of the molecule is [2H]c1cc(-c2ccc3ncnc(N4CCN(C(=O)OC(C)(C)C)CC4)c3c2)cnc1OC. The van der Waals surface area contributed by atoms with Gasteiger partial charge in [-0.2, -0.15) is 0 Å². The van der Waals surface area contributed by atoms with Crippen LogP contribution >= 0.6 is 0 Å². The largest absolute Gasteiger partial charge is 0.481 e. The number of ether oxygens (including phenoxy) is 2. The number of carbonyl (C=O) groups excluding carboxylic acids is 1. The number of amides is 1. The van der Waals surface area contributed by atoms with Gasteiger partial charge in [0, 0.05) is 49.4 Å². The van der Waals surface area contributed by atoms with Gasteiger partial charge in [0.15, 0.2) is 0 Å². The first-order valence-corrected chi connectivity index (χ1v) is 10.2. The van der Waals surface area contributed by atoms with Gasteiger partial charge in [-0.3, -0.25) is 0 Å². The summed E-state index contributed by atoms with van der Waals surface area (Å²) in [6.45, 7) is 8.03. The molecular weight excluding hydrogens is 394 g/mol. The Balaban J connectivity index is 1.58. The van der Waals surface area contributed by atoms with E-state index in [1.165, 1.54) is 7.11 Å². The maximum Gasteiger partial charge on any atom is 0.410 e. The highest BCUT2D eigenvalue weighted by Gasteiger charge is 2.27. The van der Waals surface area contributed by atoms with Crippen LogP contribution in [0, 0.1) is 0 Å². The minimum absolute atomic E-state index is 0.230. The number of nitrogens with zero attached hydrogens (tertiary/aromatic N) is 5. The number of anilines is 1. The van der Waals surface area contributed by atoms with Crippen molar-refractivity contribution in [2.45, 2.75) is 26.4 Å². The average Bonchev–Trinajstić information content (AvgIpc) is 2.77. The van der Waals surface area contributed by atoms with Crippen LogP contribution in [0.4, 0.5) is 10.6 Å². The van der Waals surface area contributed by atoms with Crippen LogP contribution in [0.3, 0.4) is 0 Å². The van der Waals surface area contributed by atoms with Crippen molar-refractivity contribution in [2.75, 3.05) is 38.2 Å². The van der Waals surface area contributed by atoms with Crippen LogP contribution in [0.25, 0.3) is 22.0 Å². The Kier molecular flexibility index (Phi) is 5.28. The maximum atomic E-state index is 12.4. The number of hydrogen-bond donors (Lipinski definition) is 0. The predicted molar refractivity (Wildman–Crippen MR) is 119 cm³/mol. The lowest BCUT2D eigenvalue weighted by Crippen LogP contribution is -2.50. The van der Waals surface area contributed by atoms with Crippen LogP contribution in [0.2, 0.25) is 0 Å². The van der Waals surface area contributed by atoms with Crippen molar-refractivity contribution in [2.24, 2.45) is 0 Å². The molecule has 162 valence electrons. The molecule has 0 bridgehead atoms. The Morgan fingerprint density at radius 3 is 2.52 bits per heavy atom. The molecule has 1 aromatic carbocycles. The van der Waals surface area contributed by atoms with Crippen molar-refractivity contribution in [3.05, 3.63) is 42.8 Å². The molecule has 3 heterocycles. The number of carbonyl (C=O) groups is 1. The fourth-order valence-corrected chi connectivity index (χ4v) is 3.51. The molecule has 1 aliphatic rings. The highest BCUT2D eigenvalue weighted by molar-refractivity contribution is 5.93. The van der Waals surface area contributed by atoms with E-state index in [1.807, 2.05) is 39.0 Å². The van der Waals surface area contributed by atoms with E-state index < -0.39 is 5.60 Å². The first-order valence-electron chi connectivity index (χ1n) is 10.7. The van der Waals surface area contributed by atoms with Crippen LogP contribution in [-0.2, 0) is 4.74 Å². The van der Waals surface area contributed by atoms with Gasteiger partial charge in [0.05, 0.1) is 14.0 Å². The van der Waals surface area contributed by atoms with Crippen molar-refractivity contribution in [3.8, 4) is 17.0 Å². The molecule has 0 saturated carbocycles. The molecule has 31 heavy (non-hydrogen) atoms. The molecule has 2 aromatic heterocycles. The van der Waals surface area contributed by atoms with Crippen molar-refractivity contribution < 1.29 is 15.6 Å². The van der Waals surface area contributed by atoms with E-state index >= 15 is 0 Å². The third-order valence-electron chi connectivity index (χ3n) is 5.04. The van der Waals surface area contributed by atoms with Gasteiger partial charge in [-0.25, -0.2) is 19.7 Å². The van der Waals surface area contributed by atoms with Gasteiger partial charge < -0.3 is 19.3 Å². The molecule has 0 N–H and O–H groups in total. The standard InChI is InChI=1S/C23H27N5O3/c1-23(2,3)31-22(29)28-11-9-27(10-12-28)21-18-13-16(5-7-19(18)25-15-26-21)17-6-8-20(30-4)24-14-17/h5-8,13-15H,9-12H2,1-4H3/i8D. The highest BCUT2D eigenvalue weighted by Crippen LogP contribution is 2.29. The van der Waals surface area contributed by atoms with E-state index in [0.29, 0.717) is 32.1 Å². The summed E-state index contributed by atoms with van der Waals surface area (Å²) in [4.78, 5) is 29.4. The third-order valence-corrected chi connectivity index (χ3v) is 5.04. The van der Waals surface area contributed by atoms with Gasteiger partial charge in [0.2, 0.25) is 5.88 Å². The average molecular weight is 423 g/mol. The smallest absolute Gasteiger partial charge is 0.410 e. The van der Waals surface area contributed by atoms with Gasteiger partial charge in [-0.05, 0) is 44.5 Å². The van der Waals surface area contributed by atoms with E-state index in [0.717, 1.165) is 27.8 Å². The second kappa shape index (κ2) is 8.37. The van der Waals surface area contributed by atoms with Crippen LogP contribution < -0.4 is 9.64 Å². The minimum atomic E-state index is -0.511. The molecule has 0 aliphatic carbocycles. The van der Waals surface area contributed by atoms with Gasteiger partial charge in [-0.15, -0.1) is 0 Å². The fourth-order valence-electron chi connectivity index (χ4n) is 3.51. The normalized spacial score (nSPS) is 15.0. The zero-order valence-electron chi connectivity index (χ0n) is 19.3. The number of fused-ring (bicyclic) bond motifs is 1. The number of pyridine rings is 1. The Bertz CT molecular complexity index is 1140. The van der Waals surface area contributed by atoms with E-state index in [1.54, 1.807) is 23.5 Å². The highest BCUT2D eigenvalue weighted by atomic mass is 16.6. The summed E-state index contributed by atoms with van der Waals surface area (Å²) >= 11 is 0. The number of methoxy groups -OCH3 is 1. The maximum absolute atomic E-state index is 12.4. The van der Waals surface area contributed by atoms with Crippen molar-refractivity contribution in [3.63, 3.8) is 0 Å². The van der Waals surface area contributed by atoms with E-state index in [4.69, 9.17) is 10.8 Å². The summed E-state index contributed by atoms with van der Waals surface area (Å²) in [7, 11) is 1.50. The van der Waals surface area contributed by atoms with Crippen LogP contribution in [0.5, 0.6) is 5.88 Å². The van der Waals surface area contributed by atoms with Crippen LogP contribution in [0.15, 0.2) is 42.8 Å². The molecule has 8 heteroatoms. The molecule has 4 rings (SSSR count). The predicted octanol–water partition coefficient (Wildman–Crippen LogP) is 3.76. The van der Waals surface area contributed by atoms with E-state index in [9.17, 15) is 4.79 Å². The number of aromatic nitrogens is 3. The fraction of sp³-hybridized carbons (Fsp3) is 0.391. The monoisotopic (exact) mass is 422 g/mol. The van der Waals surface area contributed by atoms with Gasteiger partial charge >= 0.3 is 6.09 Å². The Morgan fingerprint density at radius 1 is 1.06 bits per heavy atom. The van der Waals surface area contributed by atoms with Gasteiger partial charge in [0.1, 0.15) is 17.7 Å². The Hall–Kier alpha value is -3.42. The lowest BCUT2D eigenvalue weighted by atomic mass is 10.0. The topological polar surface area (TPSA) is 80.7 Å². The molecule has 1 fully saturated rings. The van der Waals surface area contributed by atoms with E-state index in [2.05, 4.69) is 19.9 Å². The van der Waals surface area contributed by atoms with Gasteiger partial charge in [0.25, 0.3) is 0 Å². The summed E-state index contributed by atoms with van der Waals surface area (Å²) in [6, 6.07) is 7.89. The lowest BCUT2D eigenvalue weighted by molar-refractivity contribution is 0.0240. The molecule has 1 aliphatic heterocycles. The van der Waals surface area contributed by atoms with E-state index in [-0.39, 0.29) is 12.1 Å². The van der Waals surface area contributed by atoms with Crippen molar-refractivity contribution in [1.82, 2.24) is 19.9 Å². The summed E-state index contributed by atoms with van der Waals surface area (Å²) in [5.74, 6) is 1.12. The van der Waals surface area contributed by atoms with Crippen LogP contribution in [-0.4, -0.2) is 64.8 Å². The number of benzene rings is 1. The van der Waals surface area contributed by atoms with Crippen molar-refractivity contribution >= 4 is 22.8 Å². The molecule has 3 aromatic rings. The summed E-state index contributed by atoms with van der Waals surface area (Å²) in [5.41, 5.74) is 2.07. The molecule has 1 saturated heterocycles. The minimum Gasteiger partial charge on any atom is -0.481 e. The summed E-state index contributed by atoms with van der Waals surface area (Å²) < 4.78 is 18.7. The molecule has 8 nitrogen and oxygen atoms in total. The number of piperazine rings is 1. The zero-order valence-corrected chi connectivity index (χ0v) is 18.3. The van der Waals surface area contributed by atoms with Crippen LogP contribution in [0.1, 0.15) is 22.1 Å². The number of hydrogen-bond acceptors (Lipinski definition) is 7. The molecular formula is C23H27N5O3. The molecule has 0 radical (unpaired) electrons. The third kappa shape index (κ3) is 4.68. The molecule has 0 spiro atoms. The first kappa shape index (κ1) is 19.5. The number of rotatable bonds is 3. The molecule has 1 amide bonds. The van der Waals surface area contributed by atoms with Gasteiger partial charge in [-0.1, -0.05) is 6.07 Å².